The lowest BCUT2D eigenvalue weighted by Crippen LogP contribution is -2.26. The largest absolute Gasteiger partial charge is 0.395 e. The lowest BCUT2D eigenvalue weighted by atomic mass is 10.3. The van der Waals surface area contributed by atoms with Crippen molar-refractivity contribution in [1.29, 1.82) is 0 Å². The standard InChI is InChI=1S/C10H17N3O/c1-3-5-13(7-8-14)9-10-4-6-12(2)11-10/h3-4,6,14H,1,5,7-9H2,2H3. The molecule has 1 heterocycles. The van der Waals surface area contributed by atoms with E-state index >= 15 is 0 Å². The Bertz CT molecular complexity index is 283. The first-order valence-corrected chi connectivity index (χ1v) is 4.69. The van der Waals surface area contributed by atoms with Crippen molar-refractivity contribution in [3.63, 3.8) is 0 Å². The molecule has 1 aromatic rings. The van der Waals surface area contributed by atoms with E-state index < -0.39 is 0 Å². The van der Waals surface area contributed by atoms with Gasteiger partial charge in [0.05, 0.1) is 12.3 Å². The van der Waals surface area contributed by atoms with E-state index in [0.717, 1.165) is 18.8 Å². The van der Waals surface area contributed by atoms with E-state index in [1.807, 2.05) is 25.4 Å². The molecule has 4 nitrogen and oxygen atoms in total. The fourth-order valence-corrected chi connectivity index (χ4v) is 1.34. The third-order valence-corrected chi connectivity index (χ3v) is 1.96. The van der Waals surface area contributed by atoms with Crippen LogP contribution in [0.2, 0.25) is 0 Å². The smallest absolute Gasteiger partial charge is 0.0764 e. The van der Waals surface area contributed by atoms with Gasteiger partial charge in [-0.25, -0.2) is 0 Å². The van der Waals surface area contributed by atoms with Crippen LogP contribution in [-0.2, 0) is 13.6 Å². The van der Waals surface area contributed by atoms with Crippen molar-refractivity contribution in [3.8, 4) is 0 Å². The van der Waals surface area contributed by atoms with Gasteiger partial charge < -0.3 is 5.11 Å². The summed E-state index contributed by atoms with van der Waals surface area (Å²) in [6, 6.07) is 1.98. The Hall–Kier alpha value is -1.13. The zero-order valence-electron chi connectivity index (χ0n) is 8.56. The number of nitrogens with zero attached hydrogens (tertiary/aromatic N) is 3. The van der Waals surface area contributed by atoms with E-state index in [0.29, 0.717) is 6.54 Å². The van der Waals surface area contributed by atoms with Gasteiger partial charge in [0.1, 0.15) is 0 Å². The summed E-state index contributed by atoms with van der Waals surface area (Å²) in [6.07, 6.45) is 3.75. The van der Waals surface area contributed by atoms with Gasteiger partial charge in [-0.15, -0.1) is 6.58 Å². The highest BCUT2D eigenvalue weighted by molar-refractivity contribution is 4.98. The van der Waals surface area contributed by atoms with Crippen LogP contribution in [0.4, 0.5) is 0 Å². The Balaban J connectivity index is 2.49. The summed E-state index contributed by atoms with van der Waals surface area (Å²) < 4.78 is 1.78. The number of aliphatic hydroxyl groups is 1. The lowest BCUT2D eigenvalue weighted by molar-refractivity contribution is 0.202. The second-order valence-corrected chi connectivity index (χ2v) is 3.23. The summed E-state index contributed by atoms with van der Waals surface area (Å²) in [7, 11) is 1.90. The topological polar surface area (TPSA) is 41.3 Å². The van der Waals surface area contributed by atoms with Gasteiger partial charge >= 0.3 is 0 Å². The second kappa shape index (κ2) is 5.57. The minimum absolute atomic E-state index is 0.167. The predicted octanol–water partition coefficient (Wildman–Crippen LogP) is 0.400. The molecule has 0 amide bonds. The number of hydrogen-bond acceptors (Lipinski definition) is 3. The molecule has 0 fully saturated rings. The van der Waals surface area contributed by atoms with Crippen molar-refractivity contribution in [2.24, 2.45) is 7.05 Å². The van der Waals surface area contributed by atoms with E-state index in [4.69, 9.17) is 5.11 Å². The van der Waals surface area contributed by atoms with Gasteiger partial charge in [-0.05, 0) is 6.07 Å². The molecule has 0 spiro atoms. The lowest BCUT2D eigenvalue weighted by Gasteiger charge is -2.17. The third-order valence-electron chi connectivity index (χ3n) is 1.96. The highest BCUT2D eigenvalue weighted by Crippen LogP contribution is 2.00. The molecule has 0 saturated carbocycles. The second-order valence-electron chi connectivity index (χ2n) is 3.23. The van der Waals surface area contributed by atoms with Crippen LogP contribution in [0.5, 0.6) is 0 Å². The Labute approximate surface area is 84.5 Å². The van der Waals surface area contributed by atoms with Crippen LogP contribution in [-0.4, -0.2) is 39.5 Å². The summed E-state index contributed by atoms with van der Waals surface area (Å²) in [4.78, 5) is 2.09. The quantitative estimate of drug-likeness (QED) is 0.668. The molecule has 1 N–H and O–H groups in total. The maximum Gasteiger partial charge on any atom is 0.0764 e. The molecule has 78 valence electrons. The monoisotopic (exact) mass is 195 g/mol. The molecule has 0 bridgehead atoms. The molecule has 0 atom stereocenters. The van der Waals surface area contributed by atoms with Crippen LogP contribution in [0.3, 0.4) is 0 Å². The van der Waals surface area contributed by atoms with Gasteiger partial charge in [0.25, 0.3) is 0 Å². The van der Waals surface area contributed by atoms with E-state index in [1.54, 1.807) is 4.68 Å². The van der Waals surface area contributed by atoms with Crippen LogP contribution in [0.1, 0.15) is 5.69 Å². The summed E-state index contributed by atoms with van der Waals surface area (Å²) in [6.45, 7) is 6.04. The van der Waals surface area contributed by atoms with Crippen molar-refractivity contribution >= 4 is 0 Å². The van der Waals surface area contributed by atoms with Crippen LogP contribution >= 0.6 is 0 Å². The van der Waals surface area contributed by atoms with Crippen LogP contribution in [0, 0.1) is 0 Å². The molecule has 0 saturated heterocycles. The maximum atomic E-state index is 8.84. The van der Waals surface area contributed by atoms with E-state index in [2.05, 4.69) is 16.6 Å². The highest BCUT2D eigenvalue weighted by Gasteiger charge is 2.04. The number of aromatic nitrogens is 2. The number of aliphatic hydroxyl groups excluding tert-OH is 1. The molecule has 0 radical (unpaired) electrons. The molecule has 14 heavy (non-hydrogen) atoms. The molecule has 4 heteroatoms. The van der Waals surface area contributed by atoms with E-state index in [1.165, 1.54) is 0 Å². The highest BCUT2D eigenvalue weighted by atomic mass is 16.3. The third kappa shape index (κ3) is 3.32. The zero-order chi connectivity index (χ0) is 10.4. The average molecular weight is 195 g/mol. The van der Waals surface area contributed by atoms with Crippen molar-refractivity contribution in [2.75, 3.05) is 19.7 Å². The summed E-state index contributed by atoms with van der Waals surface area (Å²) in [5, 5.41) is 13.1. The molecule has 1 aromatic heterocycles. The minimum atomic E-state index is 0.167. The fraction of sp³-hybridized carbons (Fsp3) is 0.500. The van der Waals surface area contributed by atoms with Crippen LogP contribution in [0.25, 0.3) is 0 Å². The first kappa shape index (κ1) is 10.9. The van der Waals surface area contributed by atoms with Crippen molar-refractivity contribution < 1.29 is 5.11 Å². The van der Waals surface area contributed by atoms with Crippen molar-refractivity contribution in [1.82, 2.24) is 14.7 Å². The number of rotatable bonds is 6. The van der Waals surface area contributed by atoms with Crippen LogP contribution in [0.15, 0.2) is 24.9 Å². The number of aryl methyl sites for hydroxylation is 1. The summed E-state index contributed by atoms with van der Waals surface area (Å²) >= 11 is 0. The van der Waals surface area contributed by atoms with E-state index in [-0.39, 0.29) is 6.61 Å². The Morgan fingerprint density at radius 3 is 3.00 bits per heavy atom. The number of hydrogen-bond donors (Lipinski definition) is 1. The molecule has 1 rings (SSSR count). The Morgan fingerprint density at radius 1 is 1.71 bits per heavy atom. The minimum Gasteiger partial charge on any atom is -0.395 e. The molecule has 0 aliphatic rings. The average Bonchev–Trinajstić information content (AvgIpc) is 2.52. The molecule has 0 unspecified atom stereocenters. The van der Waals surface area contributed by atoms with Gasteiger partial charge in [-0.2, -0.15) is 5.10 Å². The Morgan fingerprint density at radius 2 is 2.50 bits per heavy atom. The first-order chi connectivity index (χ1) is 6.76. The SMILES string of the molecule is C=CCN(CCO)Cc1ccn(C)n1. The van der Waals surface area contributed by atoms with E-state index in [9.17, 15) is 0 Å². The molecule has 0 aliphatic carbocycles. The maximum absolute atomic E-state index is 8.84. The summed E-state index contributed by atoms with van der Waals surface area (Å²) in [5.41, 5.74) is 1.02. The molecule has 0 aliphatic heterocycles. The Kier molecular flexibility index (Phi) is 4.35. The van der Waals surface area contributed by atoms with Gasteiger partial charge in [0.2, 0.25) is 0 Å². The van der Waals surface area contributed by atoms with Gasteiger partial charge in [0.15, 0.2) is 0 Å². The van der Waals surface area contributed by atoms with Gasteiger partial charge in [-0.3, -0.25) is 9.58 Å². The predicted molar refractivity (Wildman–Crippen MR) is 55.8 cm³/mol. The van der Waals surface area contributed by atoms with Crippen LogP contribution < -0.4 is 0 Å². The summed E-state index contributed by atoms with van der Waals surface area (Å²) in [5.74, 6) is 0. The van der Waals surface area contributed by atoms with Gasteiger partial charge in [-0.1, -0.05) is 6.08 Å². The van der Waals surface area contributed by atoms with Crippen molar-refractivity contribution in [3.05, 3.63) is 30.6 Å². The van der Waals surface area contributed by atoms with Crippen molar-refractivity contribution in [2.45, 2.75) is 6.54 Å². The fourth-order valence-electron chi connectivity index (χ4n) is 1.34. The first-order valence-electron chi connectivity index (χ1n) is 4.69. The normalized spacial score (nSPS) is 10.8. The molecular formula is C10H17N3O. The molecule has 0 aromatic carbocycles. The van der Waals surface area contributed by atoms with Gasteiger partial charge in [0, 0.05) is 32.9 Å². The zero-order valence-corrected chi connectivity index (χ0v) is 8.56. The molecular weight excluding hydrogens is 178 g/mol.